The fraction of sp³-hybridized carbons (Fsp3) is 0.778. The minimum absolute atomic E-state index is 0.0147. The fourth-order valence-electron chi connectivity index (χ4n) is 1.14. The second-order valence-electron chi connectivity index (χ2n) is 3.62. The third-order valence-corrected chi connectivity index (χ3v) is 1.51. The molecule has 0 fully saturated rings. The molecule has 1 unspecified atom stereocenters. The van der Waals surface area contributed by atoms with Crippen LogP contribution in [0.4, 0.5) is 0 Å². The molecule has 0 rings (SSSR count). The number of rotatable bonds is 7. The maximum absolute atomic E-state index is 11.2. The minimum Gasteiger partial charge on any atom is -0.480 e. The summed E-state index contributed by atoms with van der Waals surface area (Å²) in [5, 5.41) is 11.0. The number of nitrogens with one attached hydrogen (secondary N) is 1. The van der Waals surface area contributed by atoms with Crippen LogP contribution in [0, 0.1) is 0 Å². The highest BCUT2D eigenvalue weighted by molar-refractivity contribution is 5.78. The number of carboxylic acids is 1. The van der Waals surface area contributed by atoms with Crippen molar-refractivity contribution >= 4 is 11.9 Å². The van der Waals surface area contributed by atoms with Gasteiger partial charge in [-0.2, -0.15) is 0 Å². The Kier molecular flexibility index (Phi) is 6.64. The van der Waals surface area contributed by atoms with Gasteiger partial charge in [0.05, 0.1) is 0 Å². The molecule has 0 aliphatic heterocycles. The number of aliphatic carboxylic acids is 1. The van der Waals surface area contributed by atoms with E-state index in [-0.39, 0.29) is 18.6 Å². The van der Waals surface area contributed by atoms with Crippen LogP contribution >= 0.6 is 0 Å². The molecule has 0 aliphatic carbocycles. The van der Waals surface area contributed by atoms with Crippen LogP contribution < -0.4 is 5.32 Å². The van der Waals surface area contributed by atoms with E-state index in [9.17, 15) is 9.59 Å². The van der Waals surface area contributed by atoms with Gasteiger partial charge in [0.2, 0.25) is 5.91 Å². The largest absolute Gasteiger partial charge is 0.480 e. The van der Waals surface area contributed by atoms with E-state index in [1.165, 1.54) is 0 Å². The Bertz CT molecular complexity index is 218. The van der Waals surface area contributed by atoms with Gasteiger partial charge >= 0.3 is 5.97 Å². The predicted octanol–water partition coefficient (Wildman–Crippen LogP) is -0.846. The van der Waals surface area contributed by atoms with Gasteiger partial charge in [-0.1, -0.05) is 0 Å². The Morgan fingerprint density at radius 1 is 1.40 bits per heavy atom. The van der Waals surface area contributed by atoms with Gasteiger partial charge in [0.15, 0.2) is 0 Å². The Morgan fingerprint density at radius 3 is 2.47 bits per heavy atom. The van der Waals surface area contributed by atoms with Crippen molar-refractivity contribution in [3.63, 3.8) is 0 Å². The Morgan fingerprint density at radius 2 is 2.00 bits per heavy atom. The molecule has 0 saturated carbocycles. The number of carbonyl (C=O) groups is 2. The smallest absolute Gasteiger partial charge is 0.329 e. The van der Waals surface area contributed by atoms with Gasteiger partial charge in [0, 0.05) is 12.6 Å². The molecule has 0 aromatic heterocycles. The van der Waals surface area contributed by atoms with Crippen molar-refractivity contribution in [1.29, 1.82) is 0 Å². The summed E-state index contributed by atoms with van der Waals surface area (Å²) in [4.78, 5) is 23.2. The van der Waals surface area contributed by atoms with Crippen LogP contribution in [0.25, 0.3) is 0 Å². The van der Waals surface area contributed by atoms with Crippen molar-refractivity contribution in [2.45, 2.75) is 13.0 Å². The molecular formula is C9H18N2O4. The van der Waals surface area contributed by atoms with Crippen LogP contribution in [0.15, 0.2) is 0 Å². The van der Waals surface area contributed by atoms with E-state index in [1.807, 2.05) is 25.9 Å². The number of likely N-dealkylation sites (N-methyl/N-ethyl adjacent to an activating group) is 1. The highest BCUT2D eigenvalue weighted by Crippen LogP contribution is 1.85. The standard InChI is InChI=1S/C9H18N2O4/c1-7(4-11(2)3)10-8(12)5-15-6-9(13)14/h7H,4-6H2,1-3H3,(H,10,12)(H,13,14). The summed E-state index contributed by atoms with van der Waals surface area (Å²) >= 11 is 0. The Hall–Kier alpha value is -1.14. The lowest BCUT2D eigenvalue weighted by Crippen LogP contribution is -2.41. The van der Waals surface area contributed by atoms with E-state index in [1.54, 1.807) is 0 Å². The molecule has 1 atom stereocenters. The molecule has 0 bridgehead atoms. The summed E-state index contributed by atoms with van der Waals surface area (Å²) in [5.41, 5.74) is 0. The van der Waals surface area contributed by atoms with Crippen LogP contribution in [0.3, 0.4) is 0 Å². The second-order valence-corrected chi connectivity index (χ2v) is 3.62. The summed E-state index contributed by atoms with van der Waals surface area (Å²) in [7, 11) is 3.81. The number of ether oxygens (including phenoxy) is 1. The molecule has 2 N–H and O–H groups in total. The maximum Gasteiger partial charge on any atom is 0.329 e. The lowest BCUT2D eigenvalue weighted by molar-refractivity contribution is -0.143. The third-order valence-electron chi connectivity index (χ3n) is 1.51. The first-order chi connectivity index (χ1) is 6.91. The van der Waals surface area contributed by atoms with Crippen LogP contribution in [0.1, 0.15) is 6.92 Å². The molecule has 6 nitrogen and oxygen atoms in total. The van der Waals surface area contributed by atoms with Crippen LogP contribution in [-0.4, -0.2) is 61.8 Å². The number of carboxylic acid groups (broad SMARTS) is 1. The van der Waals surface area contributed by atoms with E-state index in [4.69, 9.17) is 5.11 Å². The average Bonchev–Trinajstić information content (AvgIpc) is 2.00. The van der Waals surface area contributed by atoms with Crippen molar-refractivity contribution in [3.8, 4) is 0 Å². The lowest BCUT2D eigenvalue weighted by Gasteiger charge is -2.18. The van der Waals surface area contributed by atoms with Gasteiger partial charge in [0.25, 0.3) is 0 Å². The fourth-order valence-corrected chi connectivity index (χ4v) is 1.14. The molecule has 0 aromatic carbocycles. The first-order valence-corrected chi connectivity index (χ1v) is 4.65. The predicted molar refractivity (Wildman–Crippen MR) is 54.6 cm³/mol. The topological polar surface area (TPSA) is 78.9 Å². The molecule has 15 heavy (non-hydrogen) atoms. The summed E-state index contributed by atoms with van der Waals surface area (Å²) in [6, 6.07) is 0.0147. The number of nitrogens with zero attached hydrogens (tertiary/aromatic N) is 1. The summed E-state index contributed by atoms with van der Waals surface area (Å²) in [5.74, 6) is -1.38. The third kappa shape index (κ3) is 9.17. The van der Waals surface area contributed by atoms with Gasteiger partial charge < -0.3 is 20.1 Å². The van der Waals surface area contributed by atoms with Crippen molar-refractivity contribution in [3.05, 3.63) is 0 Å². The monoisotopic (exact) mass is 218 g/mol. The van der Waals surface area contributed by atoms with E-state index in [2.05, 4.69) is 10.1 Å². The van der Waals surface area contributed by atoms with Crippen molar-refractivity contribution < 1.29 is 19.4 Å². The molecule has 6 heteroatoms. The van der Waals surface area contributed by atoms with Gasteiger partial charge in [-0.15, -0.1) is 0 Å². The van der Waals surface area contributed by atoms with Gasteiger partial charge in [-0.3, -0.25) is 4.79 Å². The number of carbonyl (C=O) groups excluding carboxylic acids is 1. The molecule has 0 aromatic rings. The molecule has 0 radical (unpaired) electrons. The zero-order valence-corrected chi connectivity index (χ0v) is 9.32. The number of hydrogen-bond donors (Lipinski definition) is 2. The minimum atomic E-state index is -1.08. The van der Waals surface area contributed by atoms with Crippen LogP contribution in [0.5, 0.6) is 0 Å². The molecular weight excluding hydrogens is 200 g/mol. The summed E-state index contributed by atoms with van der Waals surface area (Å²) in [6.45, 7) is 1.93. The Labute approximate surface area is 89.2 Å². The molecule has 0 heterocycles. The van der Waals surface area contributed by atoms with Crippen molar-refractivity contribution in [2.24, 2.45) is 0 Å². The van der Waals surface area contributed by atoms with E-state index >= 15 is 0 Å². The van der Waals surface area contributed by atoms with Gasteiger partial charge in [-0.05, 0) is 21.0 Å². The first-order valence-electron chi connectivity index (χ1n) is 4.65. The quantitative estimate of drug-likeness (QED) is 0.582. The van der Waals surface area contributed by atoms with E-state index in [0.29, 0.717) is 0 Å². The van der Waals surface area contributed by atoms with Gasteiger partial charge in [0.1, 0.15) is 13.2 Å². The first kappa shape index (κ1) is 13.9. The maximum atomic E-state index is 11.2. The van der Waals surface area contributed by atoms with Crippen LogP contribution in [-0.2, 0) is 14.3 Å². The Balaban J connectivity index is 3.60. The molecule has 0 saturated heterocycles. The van der Waals surface area contributed by atoms with Crippen molar-refractivity contribution in [2.75, 3.05) is 33.9 Å². The normalized spacial score (nSPS) is 12.5. The van der Waals surface area contributed by atoms with Gasteiger partial charge in [-0.25, -0.2) is 4.79 Å². The summed E-state index contributed by atoms with van der Waals surface area (Å²) in [6.07, 6.45) is 0. The molecule has 0 spiro atoms. The average molecular weight is 218 g/mol. The van der Waals surface area contributed by atoms with E-state index < -0.39 is 12.6 Å². The second kappa shape index (κ2) is 7.19. The highest BCUT2D eigenvalue weighted by Gasteiger charge is 2.08. The van der Waals surface area contributed by atoms with Crippen molar-refractivity contribution in [1.82, 2.24) is 10.2 Å². The number of hydrogen-bond acceptors (Lipinski definition) is 4. The molecule has 88 valence electrons. The molecule has 0 aliphatic rings. The number of amides is 1. The lowest BCUT2D eigenvalue weighted by atomic mass is 10.3. The zero-order valence-electron chi connectivity index (χ0n) is 9.32. The van der Waals surface area contributed by atoms with E-state index in [0.717, 1.165) is 6.54 Å². The molecule has 1 amide bonds. The van der Waals surface area contributed by atoms with Crippen LogP contribution in [0.2, 0.25) is 0 Å². The summed E-state index contributed by atoms with van der Waals surface area (Å²) < 4.78 is 4.64. The highest BCUT2D eigenvalue weighted by atomic mass is 16.5. The SMILES string of the molecule is CC(CN(C)C)NC(=O)COCC(=O)O. The zero-order chi connectivity index (χ0) is 11.8.